The first-order valence-corrected chi connectivity index (χ1v) is 9.79. The second-order valence-corrected chi connectivity index (χ2v) is 7.69. The first kappa shape index (κ1) is 30.7. The van der Waals surface area contributed by atoms with E-state index in [2.05, 4.69) is 0 Å². The van der Waals surface area contributed by atoms with Crippen LogP contribution in [-0.4, -0.2) is 12.2 Å². The Balaban J connectivity index is 2.78. The van der Waals surface area contributed by atoms with E-state index >= 15 is 0 Å². The Bertz CT molecular complexity index is 1200. The largest absolute Gasteiger partial charge is 0.417 e. The number of halogens is 12. The van der Waals surface area contributed by atoms with Crippen LogP contribution in [0.4, 0.5) is 52.7 Å². The maximum Gasteiger partial charge on any atom is 0.417 e. The number of rotatable bonds is 5. The number of ether oxygens (including phenoxy) is 1. The molecule has 3 atom stereocenters. The molecule has 1 N–H and O–H groups in total. The Hall–Kier alpha value is -3.50. The number of nitriles is 2. The summed E-state index contributed by atoms with van der Waals surface area (Å²) >= 11 is 0. The van der Waals surface area contributed by atoms with Crippen molar-refractivity contribution in [3.8, 4) is 12.1 Å². The average molecular weight is 564 g/mol. The summed E-state index contributed by atoms with van der Waals surface area (Å²) < 4.78 is 165. The predicted molar refractivity (Wildman–Crippen MR) is 101 cm³/mol. The topological polar surface area (TPSA) is 77.0 Å². The Morgan fingerprint density at radius 2 is 1.11 bits per heavy atom. The summed E-state index contributed by atoms with van der Waals surface area (Å²) in [6.45, 7) is 0. The molecule has 0 spiro atoms. The SMILES string of the molecule is COC(c1cc(C(F)(F)F)cc(C(F)(F)F)c1)C(C#N)C(O)c1cc(C(F)(F)F)c(C#N)c(C(F)(F)F)c1. The lowest BCUT2D eigenvalue weighted by atomic mass is 9.85. The van der Waals surface area contributed by atoms with Crippen LogP contribution in [0.1, 0.15) is 51.2 Å². The van der Waals surface area contributed by atoms with Gasteiger partial charge in [0.15, 0.2) is 0 Å². The first-order chi connectivity index (χ1) is 17.2. The molecule has 206 valence electrons. The van der Waals surface area contributed by atoms with E-state index in [0.29, 0.717) is 7.11 Å². The summed E-state index contributed by atoms with van der Waals surface area (Å²) in [6.07, 6.45) is -26.7. The average Bonchev–Trinajstić information content (AvgIpc) is 2.78. The van der Waals surface area contributed by atoms with Crippen LogP contribution in [0.5, 0.6) is 0 Å². The third-order valence-electron chi connectivity index (χ3n) is 5.23. The third-order valence-corrected chi connectivity index (χ3v) is 5.23. The van der Waals surface area contributed by atoms with Gasteiger partial charge in [-0.3, -0.25) is 0 Å². The Morgan fingerprint density at radius 1 is 0.684 bits per heavy atom. The van der Waals surface area contributed by atoms with Crippen molar-refractivity contribution in [1.29, 1.82) is 10.5 Å². The minimum atomic E-state index is -5.56. The van der Waals surface area contributed by atoms with Crippen LogP contribution in [0.15, 0.2) is 30.3 Å². The van der Waals surface area contributed by atoms with Gasteiger partial charge in [-0.05, 0) is 41.5 Å². The monoisotopic (exact) mass is 564 g/mol. The number of hydrogen-bond acceptors (Lipinski definition) is 4. The predicted octanol–water partition coefficient (Wildman–Crippen LogP) is 7.19. The molecule has 0 heterocycles. The molecule has 0 aliphatic heterocycles. The standard InChI is InChI=1S/C22H12F12N2O2/c1-38-18(10-2-11(19(23,24)25)6-12(3-10)20(26,27)28)14(8-36)17(37)9-4-15(21(29,30)31)13(7-35)16(5-9)22(32,33)34/h2-6,14,17-18,37H,1H3. The van der Waals surface area contributed by atoms with Crippen LogP contribution < -0.4 is 0 Å². The molecule has 0 aromatic heterocycles. The Morgan fingerprint density at radius 3 is 1.39 bits per heavy atom. The van der Waals surface area contributed by atoms with Gasteiger partial charge in [0, 0.05) is 7.11 Å². The van der Waals surface area contributed by atoms with E-state index in [9.17, 15) is 63.1 Å². The van der Waals surface area contributed by atoms with Gasteiger partial charge in [0.05, 0.1) is 40.0 Å². The number of methoxy groups -OCH3 is 1. The minimum absolute atomic E-state index is 0.0806. The van der Waals surface area contributed by atoms with Crippen LogP contribution in [-0.2, 0) is 29.4 Å². The number of nitrogens with zero attached hydrogens (tertiary/aromatic N) is 2. The first-order valence-electron chi connectivity index (χ1n) is 9.79. The van der Waals surface area contributed by atoms with Gasteiger partial charge < -0.3 is 9.84 Å². The summed E-state index contributed by atoms with van der Waals surface area (Å²) in [5, 5.41) is 29.0. The number of benzene rings is 2. The molecular formula is C22H12F12N2O2. The summed E-state index contributed by atoms with van der Waals surface area (Å²) in [6, 6.07) is 1.84. The second-order valence-electron chi connectivity index (χ2n) is 7.69. The molecule has 2 aromatic carbocycles. The van der Waals surface area contributed by atoms with Crippen molar-refractivity contribution in [1.82, 2.24) is 0 Å². The van der Waals surface area contributed by atoms with Gasteiger partial charge in [0.1, 0.15) is 18.1 Å². The number of alkyl halides is 12. The molecule has 3 unspecified atom stereocenters. The summed E-state index contributed by atoms with van der Waals surface area (Å²) in [4.78, 5) is 0. The number of aliphatic hydroxyl groups is 1. The lowest BCUT2D eigenvalue weighted by Crippen LogP contribution is -2.24. The maximum absolute atomic E-state index is 13.4. The van der Waals surface area contributed by atoms with Crippen molar-refractivity contribution >= 4 is 0 Å². The fourth-order valence-corrected chi connectivity index (χ4v) is 3.55. The molecule has 0 bridgehead atoms. The summed E-state index contributed by atoms with van der Waals surface area (Å²) in [5.41, 5.74) is -12.1. The number of hydrogen-bond donors (Lipinski definition) is 1. The highest BCUT2D eigenvalue weighted by molar-refractivity contribution is 5.50. The fourth-order valence-electron chi connectivity index (χ4n) is 3.55. The van der Waals surface area contributed by atoms with Crippen molar-refractivity contribution in [3.63, 3.8) is 0 Å². The van der Waals surface area contributed by atoms with Gasteiger partial charge in [-0.25, -0.2) is 0 Å². The van der Waals surface area contributed by atoms with Crippen molar-refractivity contribution in [2.75, 3.05) is 7.11 Å². The molecule has 2 rings (SSSR count). The van der Waals surface area contributed by atoms with Crippen LogP contribution in [0, 0.1) is 28.6 Å². The zero-order chi connectivity index (χ0) is 29.4. The lowest BCUT2D eigenvalue weighted by Gasteiger charge is -2.28. The van der Waals surface area contributed by atoms with Gasteiger partial charge in [-0.2, -0.15) is 63.2 Å². The van der Waals surface area contributed by atoms with E-state index in [4.69, 9.17) is 10.00 Å². The van der Waals surface area contributed by atoms with Crippen molar-refractivity contribution < 1.29 is 62.5 Å². The summed E-state index contributed by atoms with van der Waals surface area (Å²) in [5.74, 6) is -2.32. The zero-order valence-electron chi connectivity index (χ0n) is 18.4. The molecule has 0 saturated carbocycles. The molecule has 0 radical (unpaired) electrons. The van der Waals surface area contributed by atoms with Crippen LogP contribution in [0.2, 0.25) is 0 Å². The molecule has 0 saturated heterocycles. The van der Waals surface area contributed by atoms with E-state index in [1.54, 1.807) is 0 Å². The van der Waals surface area contributed by atoms with E-state index in [-0.39, 0.29) is 30.3 Å². The molecule has 38 heavy (non-hydrogen) atoms. The highest BCUT2D eigenvalue weighted by Gasteiger charge is 2.44. The van der Waals surface area contributed by atoms with Gasteiger partial charge >= 0.3 is 24.7 Å². The smallest absolute Gasteiger partial charge is 0.387 e. The van der Waals surface area contributed by atoms with Gasteiger partial charge in [-0.1, -0.05) is 0 Å². The molecule has 4 nitrogen and oxygen atoms in total. The minimum Gasteiger partial charge on any atom is -0.387 e. The quantitative estimate of drug-likeness (QED) is 0.390. The Labute approximate surface area is 205 Å². The fraction of sp³-hybridized carbons (Fsp3) is 0.364. The van der Waals surface area contributed by atoms with Crippen molar-refractivity contribution in [2.45, 2.75) is 36.9 Å². The molecule has 2 aromatic rings. The lowest BCUT2D eigenvalue weighted by molar-refractivity contribution is -0.145. The maximum atomic E-state index is 13.4. The molecule has 16 heteroatoms. The molecule has 0 amide bonds. The van der Waals surface area contributed by atoms with Gasteiger partial charge in [0.25, 0.3) is 0 Å². The van der Waals surface area contributed by atoms with E-state index in [1.165, 1.54) is 6.07 Å². The van der Waals surface area contributed by atoms with Crippen molar-refractivity contribution in [3.05, 3.63) is 69.3 Å². The van der Waals surface area contributed by atoms with E-state index < -0.39 is 81.8 Å². The van der Waals surface area contributed by atoms with Gasteiger partial charge in [-0.15, -0.1) is 0 Å². The highest BCUT2D eigenvalue weighted by Crippen LogP contribution is 2.45. The van der Waals surface area contributed by atoms with Crippen LogP contribution >= 0.6 is 0 Å². The number of aliphatic hydroxyl groups excluding tert-OH is 1. The van der Waals surface area contributed by atoms with Crippen LogP contribution in [0.25, 0.3) is 0 Å². The Kier molecular flexibility index (Phi) is 8.36. The normalized spacial score (nSPS) is 15.4. The second kappa shape index (κ2) is 10.3. The van der Waals surface area contributed by atoms with Crippen molar-refractivity contribution in [2.24, 2.45) is 5.92 Å². The van der Waals surface area contributed by atoms with Crippen LogP contribution in [0.3, 0.4) is 0 Å². The zero-order valence-corrected chi connectivity index (χ0v) is 18.4. The molecule has 0 aliphatic rings. The van der Waals surface area contributed by atoms with E-state index in [0.717, 1.165) is 6.07 Å². The molecule has 0 fully saturated rings. The molecular weight excluding hydrogens is 552 g/mol. The van der Waals surface area contributed by atoms with E-state index in [1.807, 2.05) is 0 Å². The third kappa shape index (κ3) is 6.49. The molecule has 0 aliphatic carbocycles. The van der Waals surface area contributed by atoms with Gasteiger partial charge in [0.2, 0.25) is 0 Å². The highest BCUT2D eigenvalue weighted by atomic mass is 19.4. The summed E-state index contributed by atoms with van der Waals surface area (Å²) in [7, 11) is 0.677.